The average molecular weight is 341 g/mol. The lowest BCUT2D eigenvalue weighted by atomic mass is 10.3. The molecule has 4 nitrogen and oxygen atoms in total. The predicted molar refractivity (Wildman–Crippen MR) is 80.3 cm³/mol. The van der Waals surface area contributed by atoms with E-state index in [-0.39, 0.29) is 0 Å². The average Bonchev–Trinajstić information content (AvgIpc) is 2.99. The summed E-state index contributed by atoms with van der Waals surface area (Å²) in [5, 5.41) is 11.2. The lowest BCUT2D eigenvalue weighted by molar-refractivity contribution is 0.450. The molecule has 0 saturated heterocycles. The van der Waals surface area contributed by atoms with Crippen LogP contribution in [0.3, 0.4) is 0 Å². The van der Waals surface area contributed by atoms with Crippen LogP contribution in [-0.2, 0) is 13.1 Å². The van der Waals surface area contributed by atoms with Crippen LogP contribution in [0.5, 0.6) is 0 Å². The van der Waals surface area contributed by atoms with Gasteiger partial charge in [0.05, 0.1) is 22.9 Å². The number of nitrogens with one attached hydrogen (secondary N) is 1. The second-order valence-electron chi connectivity index (χ2n) is 5.10. The topological polar surface area (TPSA) is 42.7 Å². The van der Waals surface area contributed by atoms with E-state index in [1.165, 1.54) is 23.5 Å². The number of nitrogens with zero attached hydrogens (tertiary/aromatic N) is 3. The summed E-state index contributed by atoms with van der Waals surface area (Å²) in [4.78, 5) is 4.68. The molecule has 6 heteroatoms. The van der Waals surface area contributed by atoms with Gasteiger partial charge in [0.1, 0.15) is 5.01 Å². The van der Waals surface area contributed by atoms with E-state index in [0.29, 0.717) is 6.04 Å². The van der Waals surface area contributed by atoms with Gasteiger partial charge in [0.15, 0.2) is 0 Å². The highest BCUT2D eigenvalue weighted by atomic mass is 79.9. The van der Waals surface area contributed by atoms with Crippen molar-refractivity contribution >= 4 is 27.3 Å². The molecule has 1 N–H and O–H groups in total. The predicted octanol–water partition coefficient (Wildman–Crippen LogP) is 3.16. The zero-order valence-electron chi connectivity index (χ0n) is 10.8. The van der Waals surface area contributed by atoms with Gasteiger partial charge < -0.3 is 5.32 Å². The molecule has 0 amide bonds. The van der Waals surface area contributed by atoms with Crippen molar-refractivity contribution in [2.24, 2.45) is 0 Å². The minimum Gasteiger partial charge on any atom is -0.306 e. The van der Waals surface area contributed by atoms with Gasteiger partial charge in [-0.1, -0.05) is 0 Å². The first-order chi connectivity index (χ1) is 9.20. The van der Waals surface area contributed by atoms with Gasteiger partial charge >= 0.3 is 0 Å². The van der Waals surface area contributed by atoms with Crippen LogP contribution in [-0.4, -0.2) is 20.8 Å². The fourth-order valence-corrected chi connectivity index (χ4v) is 3.17. The van der Waals surface area contributed by atoms with Crippen molar-refractivity contribution in [2.75, 3.05) is 0 Å². The molecule has 2 heterocycles. The molecule has 19 heavy (non-hydrogen) atoms. The summed E-state index contributed by atoms with van der Waals surface area (Å²) >= 11 is 5.17. The van der Waals surface area contributed by atoms with Gasteiger partial charge in [-0.2, -0.15) is 5.10 Å². The molecule has 1 atom stereocenters. The molecule has 0 spiro atoms. The molecule has 0 aliphatic heterocycles. The molecule has 2 aromatic heterocycles. The number of halogens is 1. The fourth-order valence-electron chi connectivity index (χ4n) is 2.02. The lowest BCUT2D eigenvalue weighted by Crippen LogP contribution is -2.30. The third kappa shape index (κ3) is 3.64. The summed E-state index contributed by atoms with van der Waals surface area (Å²) < 4.78 is 2.97. The molecule has 3 rings (SSSR count). The molecule has 0 radical (unpaired) electrons. The van der Waals surface area contributed by atoms with E-state index < -0.39 is 0 Å². The van der Waals surface area contributed by atoms with Gasteiger partial charge in [-0.15, -0.1) is 11.3 Å². The molecule has 0 aromatic carbocycles. The van der Waals surface area contributed by atoms with Crippen LogP contribution < -0.4 is 5.32 Å². The van der Waals surface area contributed by atoms with Crippen LogP contribution in [0.1, 0.15) is 36.4 Å². The smallest absolute Gasteiger partial charge is 0.107 e. The van der Waals surface area contributed by atoms with E-state index in [0.717, 1.165) is 23.5 Å². The van der Waals surface area contributed by atoms with Crippen LogP contribution in [0.15, 0.2) is 22.2 Å². The van der Waals surface area contributed by atoms with E-state index in [2.05, 4.69) is 43.6 Å². The summed E-state index contributed by atoms with van der Waals surface area (Å²) in [6.07, 6.45) is 6.45. The van der Waals surface area contributed by atoms with E-state index in [4.69, 9.17) is 0 Å². The maximum atomic E-state index is 4.68. The van der Waals surface area contributed by atoms with Gasteiger partial charge in [-0.3, -0.25) is 4.68 Å². The Morgan fingerprint density at radius 3 is 3.11 bits per heavy atom. The normalized spacial score (nSPS) is 16.7. The van der Waals surface area contributed by atoms with Crippen molar-refractivity contribution in [1.82, 2.24) is 20.1 Å². The van der Waals surface area contributed by atoms with Crippen LogP contribution in [0.4, 0.5) is 0 Å². The number of aromatic nitrogens is 3. The molecule has 102 valence electrons. The number of hydrogen-bond acceptors (Lipinski definition) is 4. The van der Waals surface area contributed by atoms with Crippen molar-refractivity contribution in [3.05, 3.63) is 32.9 Å². The van der Waals surface area contributed by atoms with Crippen LogP contribution in [0.2, 0.25) is 0 Å². The lowest BCUT2D eigenvalue weighted by Gasteiger charge is -2.12. The summed E-state index contributed by atoms with van der Waals surface area (Å²) in [7, 11) is 0. The first-order valence-electron chi connectivity index (χ1n) is 6.56. The van der Waals surface area contributed by atoms with Crippen LogP contribution in [0, 0.1) is 0 Å². The molecular formula is C13H17BrN4S. The Balaban J connectivity index is 1.47. The van der Waals surface area contributed by atoms with Crippen molar-refractivity contribution in [1.29, 1.82) is 0 Å². The third-order valence-corrected chi connectivity index (χ3v) is 4.51. The quantitative estimate of drug-likeness (QED) is 0.878. The number of rotatable bonds is 6. The summed E-state index contributed by atoms with van der Waals surface area (Å²) in [6.45, 7) is 3.89. The van der Waals surface area contributed by atoms with Gasteiger partial charge in [-0.05, 0) is 35.7 Å². The molecule has 0 bridgehead atoms. The Hall–Kier alpha value is -0.720. The maximum absolute atomic E-state index is 4.68. The standard InChI is InChI=1S/C13H17BrN4S/c1-9(6-18-7-11(14)4-16-18)15-5-13-17-12(8-19-13)10-2-3-10/h4,7-10,15H,2-3,5-6H2,1H3/t9-/m0/s1. The van der Waals surface area contributed by atoms with Gasteiger partial charge in [0.2, 0.25) is 0 Å². The monoisotopic (exact) mass is 340 g/mol. The fraction of sp³-hybridized carbons (Fsp3) is 0.538. The molecular weight excluding hydrogens is 324 g/mol. The molecule has 1 fully saturated rings. The minimum atomic E-state index is 0.375. The van der Waals surface area contributed by atoms with E-state index >= 15 is 0 Å². The SMILES string of the molecule is C[C@@H](Cn1cc(Br)cn1)NCc1nc(C2CC2)cs1. The van der Waals surface area contributed by atoms with Crippen molar-refractivity contribution in [2.45, 2.75) is 44.8 Å². The Morgan fingerprint density at radius 2 is 2.42 bits per heavy atom. The zero-order chi connectivity index (χ0) is 13.2. The van der Waals surface area contributed by atoms with Crippen molar-refractivity contribution in [3.63, 3.8) is 0 Å². The summed E-state index contributed by atoms with van der Waals surface area (Å²) in [5.41, 5.74) is 1.30. The molecule has 1 aliphatic rings. The minimum absolute atomic E-state index is 0.375. The summed E-state index contributed by atoms with van der Waals surface area (Å²) in [6, 6.07) is 0.375. The van der Waals surface area contributed by atoms with Gasteiger partial charge in [0, 0.05) is 30.1 Å². The third-order valence-electron chi connectivity index (χ3n) is 3.23. The second-order valence-corrected chi connectivity index (χ2v) is 6.96. The highest BCUT2D eigenvalue weighted by Gasteiger charge is 2.25. The van der Waals surface area contributed by atoms with E-state index in [1.807, 2.05) is 17.1 Å². The molecule has 2 aromatic rings. The highest BCUT2D eigenvalue weighted by Crippen LogP contribution is 2.40. The first kappa shape index (κ1) is 13.3. The molecule has 1 aliphatic carbocycles. The maximum Gasteiger partial charge on any atom is 0.107 e. The van der Waals surface area contributed by atoms with Gasteiger partial charge in [-0.25, -0.2) is 4.98 Å². The van der Waals surface area contributed by atoms with Crippen molar-refractivity contribution in [3.8, 4) is 0 Å². The zero-order valence-corrected chi connectivity index (χ0v) is 13.2. The van der Waals surface area contributed by atoms with E-state index in [1.54, 1.807) is 11.3 Å². The van der Waals surface area contributed by atoms with Gasteiger partial charge in [0.25, 0.3) is 0 Å². The van der Waals surface area contributed by atoms with E-state index in [9.17, 15) is 0 Å². The Labute approximate surface area is 125 Å². The Kier molecular flexibility index (Phi) is 4.00. The van der Waals surface area contributed by atoms with Crippen LogP contribution in [0.25, 0.3) is 0 Å². The number of hydrogen-bond donors (Lipinski definition) is 1. The van der Waals surface area contributed by atoms with Crippen LogP contribution >= 0.6 is 27.3 Å². The Bertz CT molecular complexity index is 546. The molecule has 1 saturated carbocycles. The molecule has 0 unspecified atom stereocenters. The number of thiazole rings is 1. The summed E-state index contributed by atoms with van der Waals surface area (Å²) in [5.74, 6) is 0.754. The first-order valence-corrected chi connectivity index (χ1v) is 8.23. The second kappa shape index (κ2) is 5.73. The highest BCUT2D eigenvalue weighted by molar-refractivity contribution is 9.10. The largest absolute Gasteiger partial charge is 0.306 e. The van der Waals surface area contributed by atoms with Crippen molar-refractivity contribution < 1.29 is 0 Å². The Morgan fingerprint density at radius 1 is 1.58 bits per heavy atom.